The summed E-state index contributed by atoms with van der Waals surface area (Å²) in [5.74, 6) is 0.0786. The molecule has 8 unspecified atom stereocenters. The third kappa shape index (κ3) is 19.0. The Morgan fingerprint density at radius 3 is 1.24 bits per heavy atom. The van der Waals surface area contributed by atoms with Gasteiger partial charge in [-0.05, 0) is 222 Å². The van der Waals surface area contributed by atoms with Crippen LogP contribution in [0.25, 0.3) is 0 Å². The van der Waals surface area contributed by atoms with Crippen LogP contribution in [0.15, 0.2) is 97.1 Å². The average molecular weight is 1450 g/mol. The van der Waals surface area contributed by atoms with E-state index in [9.17, 15) is 48.6 Å². The van der Waals surface area contributed by atoms with E-state index in [4.69, 9.17) is 18.9 Å². The number of unbranched alkanes of at least 4 members (excludes halogenated alkanes) is 2. The molecule has 0 aromatic heterocycles. The van der Waals surface area contributed by atoms with Crippen LogP contribution < -0.4 is 67.4 Å². The van der Waals surface area contributed by atoms with Crippen LogP contribution in [0.1, 0.15) is 197 Å². The Bertz CT molecular complexity index is 2850. The van der Waals surface area contributed by atoms with E-state index in [0.29, 0.717) is 110 Å². The Morgan fingerprint density at radius 1 is 0.483 bits per heavy atom. The Kier molecular flexibility index (Phi) is 29.5. The van der Waals surface area contributed by atoms with Gasteiger partial charge >= 0.3 is 44.9 Å². The van der Waals surface area contributed by atoms with Gasteiger partial charge < -0.3 is 86.5 Å². The van der Waals surface area contributed by atoms with Crippen molar-refractivity contribution >= 4 is 47.6 Å². The molecule has 0 heterocycles. The summed E-state index contributed by atoms with van der Waals surface area (Å²) in [5, 5.41) is 26.2. The van der Waals surface area contributed by atoms with Crippen LogP contribution in [-0.2, 0) is 72.1 Å². The van der Waals surface area contributed by atoms with Crippen molar-refractivity contribution < 1.29 is 113 Å². The third-order valence-corrected chi connectivity index (χ3v) is 19.6. The van der Waals surface area contributed by atoms with Crippen molar-refractivity contribution in [3.63, 3.8) is 0 Å². The number of carboxylic acid groups (broad SMARTS) is 2. The number of rotatable bonds is 22. The van der Waals surface area contributed by atoms with Crippen molar-refractivity contribution in [3.05, 3.63) is 130 Å². The van der Waals surface area contributed by atoms with E-state index in [1.165, 1.54) is 22.3 Å². The molecule has 0 bridgehead atoms. The second-order valence-electron chi connectivity index (χ2n) is 24.6. The van der Waals surface area contributed by atoms with Crippen LogP contribution in [0, 0.1) is 34.5 Å². The van der Waals surface area contributed by atoms with Gasteiger partial charge in [-0.1, -0.05) is 62.4 Å². The molecule has 6 aliphatic carbocycles. The Balaban J connectivity index is 0.000000360. The molecule has 0 saturated heterocycles. The second-order valence-corrected chi connectivity index (χ2v) is 24.6. The molecule has 0 radical (unpaired) electrons. The molecule has 4 aromatic carbocycles. The Morgan fingerprint density at radius 2 is 0.865 bits per heavy atom. The fourth-order valence-electron chi connectivity index (χ4n) is 15.3. The van der Waals surface area contributed by atoms with Crippen LogP contribution in [0.3, 0.4) is 0 Å². The third-order valence-electron chi connectivity index (χ3n) is 19.6. The van der Waals surface area contributed by atoms with E-state index in [1.807, 2.05) is 60.7 Å². The van der Waals surface area contributed by atoms with Crippen LogP contribution >= 0.6 is 0 Å². The number of nitrogens with one attached hydrogen (secondary N) is 2. The predicted octanol–water partition coefficient (Wildman–Crippen LogP) is 3.31. The zero-order chi connectivity index (χ0) is 59.4. The first kappa shape index (κ1) is 75.3. The zero-order valence-corrected chi connectivity index (χ0v) is 54.8. The fourth-order valence-corrected chi connectivity index (χ4v) is 15.3. The predicted molar refractivity (Wildman–Crippen MR) is 317 cm³/mol. The number of carbonyl (C=O) groups excluding carboxylic acids is 8. The van der Waals surface area contributed by atoms with Gasteiger partial charge in [0.05, 0.1) is 11.1 Å². The first-order chi connectivity index (χ1) is 40.5. The number of aryl methyl sites for hydroxylation is 2. The minimum absolute atomic E-state index is 0. The molecule has 4 saturated carbocycles. The van der Waals surface area contributed by atoms with Gasteiger partial charge in [-0.25, -0.2) is 9.59 Å². The molecule has 2 amide bonds. The molecule has 18 nitrogen and oxygen atoms in total. The second kappa shape index (κ2) is 34.9. The normalized spacial score (nSPS) is 24.4. The summed E-state index contributed by atoms with van der Waals surface area (Å²) in [7, 11) is 0. The van der Waals surface area contributed by atoms with Gasteiger partial charge in [0, 0.05) is 61.5 Å². The number of fused-ring (bicyclic) bond motifs is 10. The van der Waals surface area contributed by atoms with Gasteiger partial charge in [-0.15, -0.1) is 0 Å². The summed E-state index contributed by atoms with van der Waals surface area (Å²) in [6, 6.07) is 30.3. The number of benzene rings is 4. The SMILES string of the molecule is C[C@@]12CCC3c4ccc(OC(=O)c5ccccc5)cc4CCC3C1CCC2OC(=O)CCCCNC(=O)CCC(=O)[O-].C[C@@]12CCC3c4ccc(OC(=O)c5ccccc5)cc4CCC3C1CCC2OC(=O)CCCCNC(=O)CCC(=O)[O-].N.N.[Cl-].[Cl-].[Pt+4]. The first-order valence-electron chi connectivity index (χ1n) is 30.6. The molecule has 10 atom stereocenters. The van der Waals surface area contributed by atoms with Gasteiger partial charge in [0.2, 0.25) is 11.8 Å². The summed E-state index contributed by atoms with van der Waals surface area (Å²) in [4.78, 5) is 94.6. The molecule has 4 aromatic rings. The van der Waals surface area contributed by atoms with Gasteiger partial charge in [0.25, 0.3) is 0 Å². The molecule has 4 fully saturated rings. The van der Waals surface area contributed by atoms with E-state index in [2.05, 4.69) is 36.6 Å². The van der Waals surface area contributed by atoms with E-state index in [-0.39, 0.29) is 143 Å². The minimum Gasteiger partial charge on any atom is -1.00 e. The molecule has 10 rings (SSSR count). The number of amides is 2. The summed E-state index contributed by atoms with van der Waals surface area (Å²) in [6.07, 6.45) is 14.3. The van der Waals surface area contributed by atoms with E-state index in [1.54, 1.807) is 24.3 Å². The fraction of sp³-hybridized carbons (Fsp3) is 0.529. The minimum atomic E-state index is -1.24. The topological polar surface area (TPSA) is 314 Å². The maximum absolute atomic E-state index is 12.7. The molecule has 21 heteroatoms. The number of esters is 4. The number of aliphatic carboxylic acids is 2. The summed E-state index contributed by atoms with van der Waals surface area (Å²) in [6.45, 7) is 5.43. The van der Waals surface area contributed by atoms with Crippen LogP contribution in [-0.4, -0.2) is 72.9 Å². The molecule has 8 N–H and O–H groups in total. The Hall–Kier alpha value is -6.17. The van der Waals surface area contributed by atoms with Crippen molar-refractivity contribution in [3.8, 4) is 11.5 Å². The maximum atomic E-state index is 12.7. The van der Waals surface area contributed by atoms with Crippen LogP contribution in [0.2, 0.25) is 0 Å². The standard InChI is InChI=1S/2C34H41NO7.2ClH.2H3N.Pt/c2*1-34-19-18-26-25-13-11-24(41-33(40)22-7-3-2-4-8-22)21-23(25)10-12-27(26)28(34)14-15-29(34)42-32(39)9-5-6-20-35-30(36)16-17-31(37)38;;;;;/h2*2-4,7-8,11,13,21,26-29H,5-6,9-10,12,14-20H2,1H3,(H,35,36)(H,37,38);2*1H;2*1H3;/q;;;;;;+4/p-4/t2*26?,27?,28?,29?,34-;;;;;/m11...../s1. The molecule has 89 heavy (non-hydrogen) atoms. The largest absolute Gasteiger partial charge is 4.00 e. The van der Waals surface area contributed by atoms with Crippen LogP contribution in [0.4, 0.5) is 0 Å². The van der Waals surface area contributed by atoms with E-state index in [0.717, 1.165) is 77.0 Å². The quantitative estimate of drug-likeness (QED) is 0.0498. The molecule has 6 aliphatic rings. The van der Waals surface area contributed by atoms with Gasteiger partial charge in [-0.3, -0.25) is 19.2 Å². The number of ether oxygens (including phenoxy) is 4. The van der Waals surface area contributed by atoms with E-state index < -0.39 is 11.9 Å². The summed E-state index contributed by atoms with van der Waals surface area (Å²) < 4.78 is 23.5. The molecular formula is C68H86Cl2N4O14Pt. The number of halogens is 2. The summed E-state index contributed by atoms with van der Waals surface area (Å²) in [5.41, 5.74) is 6.33. The maximum Gasteiger partial charge on any atom is 4.00 e. The average Bonchev–Trinajstić information content (AvgIpc) is 2.31. The van der Waals surface area contributed by atoms with Gasteiger partial charge in [0.15, 0.2) is 0 Å². The number of carboxylic acids is 2. The van der Waals surface area contributed by atoms with Crippen molar-refractivity contribution in [2.24, 2.45) is 34.5 Å². The van der Waals surface area contributed by atoms with Crippen molar-refractivity contribution in [2.45, 2.75) is 179 Å². The number of carbonyl (C=O) groups is 8. The Labute approximate surface area is 549 Å². The zero-order valence-electron chi connectivity index (χ0n) is 51.0. The smallest absolute Gasteiger partial charge is 1.00 e. The molecule has 0 aliphatic heterocycles. The molecule has 0 spiro atoms. The number of hydrogen-bond acceptors (Lipinski definition) is 16. The summed E-state index contributed by atoms with van der Waals surface area (Å²) >= 11 is 0. The van der Waals surface area contributed by atoms with Gasteiger partial charge in [0.1, 0.15) is 23.7 Å². The molecule has 486 valence electrons. The van der Waals surface area contributed by atoms with Crippen molar-refractivity contribution in [1.82, 2.24) is 22.9 Å². The van der Waals surface area contributed by atoms with Gasteiger partial charge in [-0.2, -0.15) is 0 Å². The van der Waals surface area contributed by atoms with Crippen LogP contribution in [0.5, 0.6) is 11.5 Å². The number of hydrogen-bond donors (Lipinski definition) is 4. The monoisotopic (exact) mass is 1450 g/mol. The van der Waals surface area contributed by atoms with Crippen molar-refractivity contribution in [1.29, 1.82) is 0 Å². The first-order valence-corrected chi connectivity index (χ1v) is 30.6. The molecular weight excluding hydrogens is 1360 g/mol. The van der Waals surface area contributed by atoms with E-state index >= 15 is 0 Å². The van der Waals surface area contributed by atoms with Crippen molar-refractivity contribution in [2.75, 3.05) is 13.1 Å².